The normalized spacial score (nSPS) is 19.9. The van der Waals surface area contributed by atoms with E-state index in [1.54, 1.807) is 12.1 Å². The fourth-order valence-corrected chi connectivity index (χ4v) is 3.74. The number of halogens is 1. The number of aryl methyl sites for hydroxylation is 1. The van der Waals surface area contributed by atoms with Crippen LogP contribution in [-0.2, 0) is 10.1 Å². The van der Waals surface area contributed by atoms with Crippen molar-refractivity contribution in [2.75, 3.05) is 26.7 Å². The number of benzene rings is 2. The van der Waals surface area contributed by atoms with Crippen LogP contribution in [0.5, 0.6) is 0 Å². The van der Waals surface area contributed by atoms with Gasteiger partial charge in [-0.25, -0.2) is 4.39 Å². The minimum Gasteiger partial charge on any atom is -0.412 e. The van der Waals surface area contributed by atoms with E-state index in [0.717, 1.165) is 30.6 Å². The first-order chi connectivity index (χ1) is 12.7. The molecule has 1 saturated heterocycles. The highest BCUT2D eigenvalue weighted by Crippen LogP contribution is 2.32. The molecule has 1 heterocycles. The number of hydrogen-bond acceptors (Lipinski definition) is 4. The number of hydrogen-bond donors (Lipinski definition) is 2. The number of aliphatic hydroxyl groups is 1. The lowest BCUT2D eigenvalue weighted by molar-refractivity contribution is 0.118. The van der Waals surface area contributed by atoms with Gasteiger partial charge in [-0.05, 0) is 62.7 Å². The molecule has 0 unspecified atom stereocenters. The molecule has 2 atom stereocenters. The van der Waals surface area contributed by atoms with Crippen LogP contribution in [0.25, 0.3) is 0 Å². The van der Waals surface area contributed by atoms with Gasteiger partial charge in [-0.3, -0.25) is 4.55 Å². The van der Waals surface area contributed by atoms with Crippen LogP contribution in [0.15, 0.2) is 53.4 Å². The van der Waals surface area contributed by atoms with Crippen molar-refractivity contribution in [3.05, 3.63) is 65.5 Å². The highest BCUT2D eigenvalue weighted by Gasteiger charge is 2.28. The SMILES string of the molecule is CN1CC[C@H](c2ccc(F)cc2)[C@@H](CO)C1.Cc1ccc(S(=O)(=O)O)cc1.O. The summed E-state index contributed by atoms with van der Waals surface area (Å²) in [7, 11) is -1.95. The van der Waals surface area contributed by atoms with E-state index in [9.17, 15) is 17.9 Å². The van der Waals surface area contributed by atoms with Crippen LogP contribution in [0.2, 0.25) is 0 Å². The molecule has 8 heteroatoms. The molecule has 28 heavy (non-hydrogen) atoms. The first-order valence-corrected chi connectivity index (χ1v) is 10.2. The maximum atomic E-state index is 12.8. The summed E-state index contributed by atoms with van der Waals surface area (Å²) in [4.78, 5) is 2.17. The average Bonchev–Trinajstić information content (AvgIpc) is 2.62. The lowest BCUT2D eigenvalue weighted by Crippen LogP contribution is -2.38. The minimum atomic E-state index is -4.02. The molecule has 0 saturated carbocycles. The van der Waals surface area contributed by atoms with Gasteiger partial charge >= 0.3 is 0 Å². The van der Waals surface area contributed by atoms with Gasteiger partial charge in [0.05, 0.1) is 4.90 Å². The Morgan fingerprint density at radius 1 is 1.11 bits per heavy atom. The first-order valence-electron chi connectivity index (χ1n) is 8.79. The maximum Gasteiger partial charge on any atom is 0.294 e. The van der Waals surface area contributed by atoms with Crippen molar-refractivity contribution < 1.29 is 27.9 Å². The van der Waals surface area contributed by atoms with Crippen molar-refractivity contribution in [3.63, 3.8) is 0 Å². The maximum absolute atomic E-state index is 12.8. The Hall–Kier alpha value is -1.84. The Kier molecular flexibility index (Phi) is 9.19. The Labute approximate surface area is 165 Å². The van der Waals surface area contributed by atoms with E-state index < -0.39 is 10.1 Å². The number of rotatable bonds is 3. The van der Waals surface area contributed by atoms with Crippen LogP contribution in [0.3, 0.4) is 0 Å². The van der Waals surface area contributed by atoms with Gasteiger partial charge in [0.15, 0.2) is 0 Å². The second-order valence-corrected chi connectivity index (χ2v) is 8.36. The van der Waals surface area contributed by atoms with Gasteiger partial charge in [-0.2, -0.15) is 8.42 Å². The molecule has 0 aliphatic carbocycles. The summed E-state index contributed by atoms with van der Waals surface area (Å²) in [5.74, 6) is 0.434. The molecule has 2 aromatic carbocycles. The number of nitrogens with zero attached hydrogens (tertiary/aromatic N) is 1. The average molecular weight is 414 g/mol. The van der Waals surface area contributed by atoms with Gasteiger partial charge in [-0.1, -0.05) is 29.8 Å². The Morgan fingerprint density at radius 3 is 2.18 bits per heavy atom. The zero-order valence-corrected chi connectivity index (χ0v) is 16.9. The van der Waals surface area contributed by atoms with Gasteiger partial charge in [0, 0.05) is 19.1 Å². The third kappa shape index (κ3) is 6.96. The Bertz CT molecular complexity index is 825. The van der Waals surface area contributed by atoms with Crippen molar-refractivity contribution >= 4 is 10.1 Å². The molecular formula is C20H28FNO5S. The van der Waals surface area contributed by atoms with Crippen LogP contribution in [-0.4, -0.2) is 55.2 Å². The van der Waals surface area contributed by atoms with E-state index >= 15 is 0 Å². The van der Waals surface area contributed by atoms with Gasteiger partial charge < -0.3 is 15.5 Å². The molecule has 0 amide bonds. The largest absolute Gasteiger partial charge is 0.412 e. The quantitative estimate of drug-likeness (QED) is 0.750. The van der Waals surface area contributed by atoms with E-state index in [2.05, 4.69) is 11.9 Å². The lowest BCUT2D eigenvalue weighted by Gasteiger charge is -2.36. The van der Waals surface area contributed by atoms with E-state index in [1.165, 1.54) is 24.3 Å². The van der Waals surface area contributed by atoms with Crippen LogP contribution in [0, 0.1) is 18.7 Å². The van der Waals surface area contributed by atoms with Crippen LogP contribution in [0.4, 0.5) is 4.39 Å². The van der Waals surface area contributed by atoms with Gasteiger partial charge in [0.1, 0.15) is 5.82 Å². The van der Waals surface area contributed by atoms with E-state index in [0.29, 0.717) is 5.92 Å². The molecule has 1 aliphatic heterocycles. The molecular weight excluding hydrogens is 385 g/mol. The number of piperidine rings is 1. The number of aliphatic hydroxyl groups excluding tert-OH is 1. The molecule has 0 spiro atoms. The van der Waals surface area contributed by atoms with Crippen molar-refractivity contribution in [3.8, 4) is 0 Å². The summed E-state index contributed by atoms with van der Waals surface area (Å²) in [6, 6.07) is 12.7. The summed E-state index contributed by atoms with van der Waals surface area (Å²) in [5, 5.41) is 9.39. The summed E-state index contributed by atoms with van der Waals surface area (Å²) in [5.41, 5.74) is 2.10. The molecule has 3 rings (SSSR count). The van der Waals surface area contributed by atoms with Crippen LogP contribution >= 0.6 is 0 Å². The Morgan fingerprint density at radius 2 is 1.68 bits per heavy atom. The second-order valence-electron chi connectivity index (χ2n) is 6.94. The van der Waals surface area contributed by atoms with Gasteiger partial charge in [0.25, 0.3) is 10.1 Å². The van der Waals surface area contributed by atoms with Crippen LogP contribution < -0.4 is 0 Å². The summed E-state index contributed by atoms with van der Waals surface area (Å²) < 4.78 is 42.4. The fraction of sp³-hybridized carbons (Fsp3) is 0.400. The molecule has 1 aliphatic rings. The molecule has 6 nitrogen and oxygen atoms in total. The first kappa shape index (κ1) is 24.2. The number of likely N-dealkylation sites (tertiary alicyclic amines) is 1. The van der Waals surface area contributed by atoms with Crippen molar-refractivity contribution in [1.82, 2.24) is 4.90 Å². The van der Waals surface area contributed by atoms with Crippen molar-refractivity contribution in [1.29, 1.82) is 0 Å². The summed E-state index contributed by atoms with van der Waals surface area (Å²) >= 11 is 0. The molecule has 4 N–H and O–H groups in total. The topological polar surface area (TPSA) is 109 Å². The minimum absolute atomic E-state index is 0. The highest BCUT2D eigenvalue weighted by molar-refractivity contribution is 7.85. The molecule has 0 bridgehead atoms. The van der Waals surface area contributed by atoms with Gasteiger partial charge in [0.2, 0.25) is 0 Å². The predicted molar refractivity (Wildman–Crippen MR) is 106 cm³/mol. The lowest BCUT2D eigenvalue weighted by atomic mass is 9.81. The van der Waals surface area contributed by atoms with Crippen molar-refractivity contribution in [2.24, 2.45) is 5.92 Å². The molecule has 0 aromatic heterocycles. The van der Waals surface area contributed by atoms with E-state index in [1.807, 2.05) is 19.1 Å². The fourth-order valence-electron chi connectivity index (χ4n) is 3.26. The highest BCUT2D eigenvalue weighted by atomic mass is 32.2. The smallest absolute Gasteiger partial charge is 0.294 e. The zero-order chi connectivity index (χ0) is 20.0. The van der Waals surface area contributed by atoms with Crippen molar-refractivity contribution in [2.45, 2.75) is 24.2 Å². The molecule has 0 radical (unpaired) electrons. The van der Waals surface area contributed by atoms with Gasteiger partial charge in [-0.15, -0.1) is 0 Å². The Balaban J connectivity index is 0.000000289. The standard InChI is InChI=1S/C13H18FNO.C7H8O3S.H2O/c1-15-7-6-13(11(8-15)9-16)10-2-4-12(14)5-3-10;1-6-2-4-7(5-3-6)11(8,9)10;/h2-5,11,13,16H,6-9H2,1H3;2-5H,1H3,(H,8,9,10);1H2/t11-,13-;;/m1../s1. The third-order valence-electron chi connectivity index (χ3n) is 4.79. The summed E-state index contributed by atoms with van der Waals surface area (Å²) in [6.45, 7) is 4.00. The molecule has 156 valence electrons. The third-order valence-corrected chi connectivity index (χ3v) is 5.66. The van der Waals surface area contributed by atoms with Crippen LogP contribution in [0.1, 0.15) is 23.5 Å². The van der Waals surface area contributed by atoms with E-state index in [-0.39, 0.29) is 28.7 Å². The summed E-state index contributed by atoms with van der Waals surface area (Å²) in [6.07, 6.45) is 1.04. The van der Waals surface area contributed by atoms with E-state index in [4.69, 9.17) is 4.55 Å². The second kappa shape index (κ2) is 10.6. The molecule has 1 fully saturated rings. The monoisotopic (exact) mass is 413 g/mol. The predicted octanol–water partition coefficient (Wildman–Crippen LogP) is 2.27. The molecule has 2 aromatic rings. The zero-order valence-electron chi connectivity index (χ0n) is 16.0.